The molecule has 1 N–H and O–H groups in total. The Bertz CT molecular complexity index is 1230. The summed E-state index contributed by atoms with van der Waals surface area (Å²) in [6.45, 7) is 5.76. The van der Waals surface area contributed by atoms with Crippen LogP contribution in [-0.4, -0.2) is 11.3 Å². The fourth-order valence-corrected chi connectivity index (χ4v) is 4.54. The van der Waals surface area contributed by atoms with Crippen LogP contribution in [0.4, 0.5) is 10.1 Å². The summed E-state index contributed by atoms with van der Waals surface area (Å²) in [5.41, 5.74) is 4.81. The van der Waals surface area contributed by atoms with E-state index in [1.807, 2.05) is 63.2 Å². The lowest BCUT2D eigenvalue weighted by atomic mass is 9.76. The van der Waals surface area contributed by atoms with Gasteiger partial charge in [0.2, 0.25) is 0 Å². The van der Waals surface area contributed by atoms with E-state index in [-0.39, 0.29) is 17.5 Å². The van der Waals surface area contributed by atoms with Crippen molar-refractivity contribution in [1.29, 1.82) is 0 Å². The lowest BCUT2D eigenvalue weighted by Crippen LogP contribution is -2.46. The molecular weight excluding hydrogens is 377 g/mol. The molecule has 0 saturated carbocycles. The van der Waals surface area contributed by atoms with Crippen molar-refractivity contribution in [3.8, 4) is 16.9 Å². The third kappa shape index (κ3) is 2.83. The average Bonchev–Trinajstić information content (AvgIpc) is 2.71. The monoisotopic (exact) mass is 399 g/mol. The van der Waals surface area contributed by atoms with Crippen LogP contribution in [0.5, 0.6) is 5.75 Å². The zero-order valence-corrected chi connectivity index (χ0v) is 17.1. The van der Waals surface area contributed by atoms with E-state index in [9.17, 15) is 9.18 Å². The fraction of sp³-hybridized carbons (Fsp3) is 0.192. The molecule has 3 aromatic carbocycles. The molecule has 5 rings (SSSR count). The highest BCUT2D eigenvalue weighted by molar-refractivity contribution is 6.04. The van der Waals surface area contributed by atoms with E-state index in [2.05, 4.69) is 11.4 Å². The number of rotatable bonds is 1. The number of Topliss-reactive ketones (excluding diaryl/α,β-unsaturated/α-hetero) is 1. The van der Waals surface area contributed by atoms with E-state index in [4.69, 9.17) is 4.74 Å². The van der Waals surface area contributed by atoms with Gasteiger partial charge in [-0.1, -0.05) is 43.3 Å². The van der Waals surface area contributed by atoms with Crippen molar-refractivity contribution in [3.63, 3.8) is 0 Å². The predicted molar refractivity (Wildman–Crippen MR) is 118 cm³/mol. The highest BCUT2D eigenvalue weighted by Crippen LogP contribution is 2.49. The molecule has 3 aromatic rings. The zero-order valence-electron chi connectivity index (χ0n) is 17.1. The minimum Gasteiger partial charge on any atom is -0.456 e. The van der Waals surface area contributed by atoms with E-state index in [0.717, 1.165) is 33.7 Å². The smallest absolute Gasteiger partial charge is 0.164 e. The third-order valence-corrected chi connectivity index (χ3v) is 5.92. The Morgan fingerprint density at radius 2 is 1.83 bits per heavy atom. The molecule has 0 aliphatic carbocycles. The van der Waals surface area contributed by atoms with Crippen molar-refractivity contribution >= 4 is 23.3 Å². The molecule has 0 bridgehead atoms. The van der Waals surface area contributed by atoms with Crippen LogP contribution >= 0.6 is 0 Å². The van der Waals surface area contributed by atoms with E-state index in [1.165, 1.54) is 12.1 Å². The maximum Gasteiger partial charge on any atom is 0.164 e. The highest BCUT2D eigenvalue weighted by Gasteiger charge is 2.41. The largest absolute Gasteiger partial charge is 0.456 e. The number of halogens is 1. The number of carbonyl (C=O) groups is 1. The number of hydrogen-bond acceptors (Lipinski definition) is 3. The van der Waals surface area contributed by atoms with Crippen LogP contribution < -0.4 is 10.1 Å². The van der Waals surface area contributed by atoms with Gasteiger partial charge in [0.25, 0.3) is 0 Å². The van der Waals surface area contributed by atoms with Crippen molar-refractivity contribution in [2.75, 3.05) is 5.32 Å². The molecule has 1 atom stereocenters. The minimum atomic E-state index is -0.638. The average molecular weight is 399 g/mol. The van der Waals surface area contributed by atoms with Crippen LogP contribution in [0.15, 0.2) is 60.7 Å². The summed E-state index contributed by atoms with van der Waals surface area (Å²) in [5, 5.41) is 3.39. The number of nitrogens with one attached hydrogen (secondary N) is 1. The second-order valence-corrected chi connectivity index (χ2v) is 8.45. The van der Waals surface area contributed by atoms with E-state index in [1.54, 1.807) is 6.07 Å². The van der Waals surface area contributed by atoms with E-state index >= 15 is 0 Å². The molecule has 2 heterocycles. The second-order valence-electron chi connectivity index (χ2n) is 8.45. The molecule has 150 valence electrons. The lowest BCUT2D eigenvalue weighted by Gasteiger charge is -2.38. The maximum atomic E-state index is 13.8. The van der Waals surface area contributed by atoms with Gasteiger partial charge in [-0.2, -0.15) is 0 Å². The van der Waals surface area contributed by atoms with Gasteiger partial charge in [0.05, 0.1) is 5.54 Å². The molecule has 0 radical (unpaired) electrons. The zero-order chi connectivity index (χ0) is 21.0. The van der Waals surface area contributed by atoms with E-state index < -0.39 is 5.54 Å². The number of ether oxygens (including phenoxy) is 1. The molecule has 0 amide bonds. The number of carbonyl (C=O) groups excluding carboxylic acids is 1. The molecular formula is C26H22FNO2. The second kappa shape index (κ2) is 6.56. The first-order chi connectivity index (χ1) is 14.3. The molecule has 0 fully saturated rings. The SMILES string of the molecule is CC1C(=O)C(C)(C)Nc2ccc3c(c21)/C(=C/c1cccc(F)c1)Oc1ccccc1-3. The Labute approximate surface area is 175 Å². The molecule has 0 saturated heterocycles. The fourth-order valence-electron chi connectivity index (χ4n) is 4.54. The van der Waals surface area contributed by atoms with Gasteiger partial charge in [0.15, 0.2) is 5.78 Å². The number of anilines is 1. The Morgan fingerprint density at radius 1 is 1.03 bits per heavy atom. The Balaban J connectivity index is 1.80. The summed E-state index contributed by atoms with van der Waals surface area (Å²) < 4.78 is 20.1. The number of benzene rings is 3. The van der Waals surface area contributed by atoms with Crippen LogP contribution in [0.1, 0.15) is 43.4 Å². The summed E-state index contributed by atoms with van der Waals surface area (Å²) in [7, 11) is 0. The van der Waals surface area contributed by atoms with Crippen molar-refractivity contribution < 1.29 is 13.9 Å². The minimum absolute atomic E-state index is 0.132. The predicted octanol–water partition coefficient (Wildman–Crippen LogP) is 6.26. The standard InChI is InChI=1S/C26H22FNO2/c1-15-23-20(28-26(2,3)25(15)29)12-11-19-18-9-4-5-10-21(18)30-22(24(19)23)14-16-7-6-8-17(27)13-16/h4-15,28H,1-3H3/b22-14-. The molecule has 1 unspecified atom stereocenters. The molecule has 2 aliphatic heterocycles. The molecule has 2 aliphatic rings. The van der Waals surface area contributed by atoms with Gasteiger partial charge in [0.1, 0.15) is 17.3 Å². The van der Waals surface area contributed by atoms with Crippen molar-refractivity contribution in [2.45, 2.75) is 32.2 Å². The van der Waals surface area contributed by atoms with Gasteiger partial charge < -0.3 is 10.1 Å². The molecule has 3 nitrogen and oxygen atoms in total. The van der Waals surface area contributed by atoms with Crippen molar-refractivity contribution in [2.24, 2.45) is 0 Å². The Morgan fingerprint density at radius 3 is 2.63 bits per heavy atom. The maximum absolute atomic E-state index is 13.8. The van der Waals surface area contributed by atoms with Crippen LogP contribution in [0.3, 0.4) is 0 Å². The number of ketones is 1. The van der Waals surface area contributed by atoms with Gasteiger partial charge in [-0.05, 0) is 60.9 Å². The summed E-state index contributed by atoms with van der Waals surface area (Å²) in [4.78, 5) is 13.1. The van der Waals surface area contributed by atoms with Gasteiger partial charge in [0, 0.05) is 22.7 Å². The van der Waals surface area contributed by atoms with Gasteiger partial charge in [-0.3, -0.25) is 4.79 Å². The number of para-hydroxylation sites is 1. The summed E-state index contributed by atoms with van der Waals surface area (Å²) in [5.74, 6) is 0.897. The third-order valence-electron chi connectivity index (χ3n) is 5.92. The van der Waals surface area contributed by atoms with Gasteiger partial charge in [-0.25, -0.2) is 4.39 Å². The highest BCUT2D eigenvalue weighted by atomic mass is 19.1. The van der Waals surface area contributed by atoms with E-state index in [0.29, 0.717) is 11.3 Å². The molecule has 0 spiro atoms. The van der Waals surface area contributed by atoms with Crippen LogP contribution in [0, 0.1) is 5.82 Å². The summed E-state index contributed by atoms with van der Waals surface area (Å²) >= 11 is 0. The summed E-state index contributed by atoms with van der Waals surface area (Å²) in [6, 6.07) is 18.4. The molecule has 30 heavy (non-hydrogen) atoms. The van der Waals surface area contributed by atoms with Crippen LogP contribution in [0.25, 0.3) is 23.0 Å². The molecule has 4 heteroatoms. The number of fused-ring (bicyclic) bond motifs is 5. The topological polar surface area (TPSA) is 38.3 Å². The Hall–Kier alpha value is -3.40. The van der Waals surface area contributed by atoms with Gasteiger partial charge >= 0.3 is 0 Å². The van der Waals surface area contributed by atoms with Gasteiger partial charge in [-0.15, -0.1) is 0 Å². The quantitative estimate of drug-likeness (QED) is 0.525. The lowest BCUT2D eigenvalue weighted by molar-refractivity contribution is -0.123. The molecule has 0 aromatic heterocycles. The summed E-state index contributed by atoms with van der Waals surface area (Å²) in [6.07, 6.45) is 1.84. The first-order valence-electron chi connectivity index (χ1n) is 10.1. The first-order valence-corrected chi connectivity index (χ1v) is 10.1. The van der Waals surface area contributed by atoms with Crippen LogP contribution in [0.2, 0.25) is 0 Å². The normalized spacial score (nSPS) is 19.9. The van der Waals surface area contributed by atoms with Crippen LogP contribution in [-0.2, 0) is 4.79 Å². The number of hydrogen-bond donors (Lipinski definition) is 1. The first kappa shape index (κ1) is 18.6. The van der Waals surface area contributed by atoms with Crippen molar-refractivity contribution in [3.05, 3.63) is 83.2 Å². The Kier molecular flexibility index (Phi) is 4.07. The van der Waals surface area contributed by atoms with Crippen molar-refractivity contribution in [1.82, 2.24) is 0 Å².